The number of thiophene rings is 1. The third-order valence-electron chi connectivity index (χ3n) is 4.26. The maximum Gasteiger partial charge on any atom is 0.137 e. The Kier molecular flexibility index (Phi) is 4.50. The van der Waals surface area contributed by atoms with Gasteiger partial charge in [-0.2, -0.15) is 5.10 Å². The fourth-order valence-corrected chi connectivity index (χ4v) is 4.74. The zero-order valence-corrected chi connectivity index (χ0v) is 14.5. The second-order valence-electron chi connectivity index (χ2n) is 5.86. The van der Waals surface area contributed by atoms with E-state index in [9.17, 15) is 0 Å². The number of rotatable bonds is 5. The molecular weight excluding hydrogens is 326 g/mol. The van der Waals surface area contributed by atoms with Crippen LogP contribution in [0.2, 0.25) is 0 Å². The van der Waals surface area contributed by atoms with Crippen molar-refractivity contribution in [2.24, 2.45) is 0 Å². The molecule has 1 atom stereocenters. The molecule has 0 aliphatic carbocycles. The quantitative estimate of drug-likeness (QED) is 0.710. The lowest BCUT2D eigenvalue weighted by molar-refractivity contribution is 0.120. The lowest BCUT2D eigenvalue weighted by Crippen LogP contribution is -2.41. The predicted octanol–water partition coefficient (Wildman–Crippen LogP) is 3.52. The second kappa shape index (κ2) is 6.90. The molecule has 0 N–H and O–H groups in total. The van der Waals surface area contributed by atoms with E-state index < -0.39 is 0 Å². The molecule has 1 aliphatic rings. The molecule has 1 aliphatic heterocycles. The molecule has 1 fully saturated rings. The van der Waals surface area contributed by atoms with E-state index in [1.165, 1.54) is 29.8 Å². The van der Waals surface area contributed by atoms with Crippen LogP contribution >= 0.6 is 22.7 Å². The number of hydrogen-bond acceptors (Lipinski definition) is 6. The third kappa shape index (κ3) is 3.52. The van der Waals surface area contributed by atoms with Gasteiger partial charge in [-0.25, -0.2) is 9.97 Å². The van der Waals surface area contributed by atoms with Gasteiger partial charge in [-0.1, -0.05) is 12.5 Å². The Hall–Kier alpha value is -1.57. The average molecular weight is 345 g/mol. The Bertz CT molecular complexity index is 720. The number of likely N-dealkylation sites (tertiary alicyclic amines) is 1. The van der Waals surface area contributed by atoms with Gasteiger partial charge in [-0.05, 0) is 30.8 Å². The molecular formula is C16H19N5S2. The molecule has 0 spiro atoms. The van der Waals surface area contributed by atoms with Gasteiger partial charge in [0.05, 0.1) is 17.1 Å². The summed E-state index contributed by atoms with van der Waals surface area (Å²) in [7, 11) is 0. The van der Waals surface area contributed by atoms with Gasteiger partial charge < -0.3 is 0 Å². The topological polar surface area (TPSA) is 46.8 Å². The van der Waals surface area contributed by atoms with Gasteiger partial charge in [-0.15, -0.1) is 22.7 Å². The molecule has 23 heavy (non-hydrogen) atoms. The lowest BCUT2D eigenvalue weighted by Gasteiger charge is -2.35. The van der Waals surface area contributed by atoms with Crippen LogP contribution in [0.25, 0.3) is 9.88 Å². The third-order valence-corrected chi connectivity index (χ3v) is 6.19. The molecule has 0 unspecified atom stereocenters. The first kappa shape index (κ1) is 15.0. The fraction of sp³-hybridized carbons (Fsp3) is 0.438. The van der Waals surface area contributed by atoms with E-state index in [0.717, 1.165) is 24.6 Å². The predicted molar refractivity (Wildman–Crippen MR) is 93.5 cm³/mol. The molecule has 7 heteroatoms. The van der Waals surface area contributed by atoms with Crippen molar-refractivity contribution < 1.29 is 0 Å². The van der Waals surface area contributed by atoms with Gasteiger partial charge in [0.2, 0.25) is 0 Å². The van der Waals surface area contributed by atoms with Crippen LogP contribution in [0.3, 0.4) is 0 Å². The first-order valence-corrected chi connectivity index (χ1v) is 9.69. The summed E-state index contributed by atoms with van der Waals surface area (Å²) in [5.41, 5.74) is 1.18. The highest BCUT2D eigenvalue weighted by atomic mass is 32.1. The molecule has 0 aromatic carbocycles. The number of piperidine rings is 1. The fourth-order valence-electron chi connectivity index (χ4n) is 3.12. The average Bonchev–Trinajstić information content (AvgIpc) is 3.31. The summed E-state index contributed by atoms with van der Waals surface area (Å²) < 4.78 is 1.95. The minimum absolute atomic E-state index is 0.525. The second-order valence-corrected chi connectivity index (χ2v) is 7.66. The lowest BCUT2D eigenvalue weighted by atomic mass is 10.0. The highest BCUT2D eigenvalue weighted by Crippen LogP contribution is 2.29. The molecule has 120 valence electrons. The molecule has 0 bridgehead atoms. The number of aromatic nitrogens is 4. The van der Waals surface area contributed by atoms with Crippen LogP contribution in [-0.2, 0) is 13.1 Å². The van der Waals surface area contributed by atoms with Crippen LogP contribution in [0, 0.1) is 0 Å². The minimum Gasteiger partial charge on any atom is -0.293 e. The van der Waals surface area contributed by atoms with Gasteiger partial charge in [0, 0.05) is 18.0 Å². The monoisotopic (exact) mass is 345 g/mol. The standard InChI is InChI=1S/C16H19N5S2/c1-2-6-20(14(4-1)9-21-12-17-11-18-21)8-13-10-23-16(19-13)15-5-3-7-22-15/h3,5,7,10-12,14H,1-2,4,6,8-9H2/t14-/m1/s1. The Morgan fingerprint density at radius 1 is 1.26 bits per heavy atom. The number of hydrogen-bond donors (Lipinski definition) is 0. The summed E-state index contributed by atoms with van der Waals surface area (Å²) >= 11 is 3.50. The van der Waals surface area contributed by atoms with Gasteiger partial charge in [-0.3, -0.25) is 9.58 Å². The summed E-state index contributed by atoms with van der Waals surface area (Å²) in [5.74, 6) is 0. The molecule has 4 rings (SSSR count). The number of nitrogens with zero attached hydrogens (tertiary/aromatic N) is 5. The van der Waals surface area contributed by atoms with Crippen molar-refractivity contribution >= 4 is 22.7 Å². The largest absolute Gasteiger partial charge is 0.293 e. The maximum absolute atomic E-state index is 4.83. The molecule has 5 nitrogen and oxygen atoms in total. The molecule has 1 saturated heterocycles. The van der Waals surface area contributed by atoms with Crippen LogP contribution in [0.5, 0.6) is 0 Å². The first-order valence-electron chi connectivity index (χ1n) is 7.93. The molecule has 3 aromatic heterocycles. The van der Waals surface area contributed by atoms with Gasteiger partial charge in [0.15, 0.2) is 0 Å². The number of thiazole rings is 1. The van der Waals surface area contributed by atoms with Crippen LogP contribution in [-0.4, -0.2) is 37.2 Å². The highest BCUT2D eigenvalue weighted by molar-refractivity contribution is 7.20. The Balaban J connectivity index is 1.45. The van der Waals surface area contributed by atoms with Crippen molar-refractivity contribution in [3.63, 3.8) is 0 Å². The van der Waals surface area contributed by atoms with Crippen LogP contribution in [0.1, 0.15) is 25.0 Å². The SMILES string of the molecule is c1csc(-c2nc(CN3CCCC[C@@H]3Cn3cncn3)cs2)c1. The Morgan fingerprint density at radius 2 is 2.26 bits per heavy atom. The molecule has 3 aromatic rings. The van der Waals surface area contributed by atoms with Crippen molar-refractivity contribution in [1.29, 1.82) is 0 Å². The van der Waals surface area contributed by atoms with Crippen molar-refractivity contribution in [2.45, 2.75) is 38.4 Å². The van der Waals surface area contributed by atoms with E-state index in [1.54, 1.807) is 29.0 Å². The zero-order valence-electron chi connectivity index (χ0n) is 12.8. The van der Waals surface area contributed by atoms with E-state index in [-0.39, 0.29) is 0 Å². The van der Waals surface area contributed by atoms with E-state index in [1.807, 2.05) is 11.0 Å². The summed E-state index contributed by atoms with van der Waals surface area (Å²) in [6.45, 7) is 2.99. The van der Waals surface area contributed by atoms with Crippen molar-refractivity contribution in [3.8, 4) is 9.88 Å². The smallest absolute Gasteiger partial charge is 0.137 e. The van der Waals surface area contributed by atoms with Crippen molar-refractivity contribution in [2.75, 3.05) is 6.54 Å². The van der Waals surface area contributed by atoms with Crippen LogP contribution in [0.15, 0.2) is 35.5 Å². The Morgan fingerprint density at radius 3 is 3.09 bits per heavy atom. The van der Waals surface area contributed by atoms with Crippen molar-refractivity contribution in [1.82, 2.24) is 24.6 Å². The maximum atomic E-state index is 4.83. The molecule has 4 heterocycles. The first-order chi connectivity index (χ1) is 11.4. The van der Waals surface area contributed by atoms with Crippen LogP contribution < -0.4 is 0 Å². The van der Waals surface area contributed by atoms with Gasteiger partial charge in [0.1, 0.15) is 17.7 Å². The normalized spacial score (nSPS) is 19.2. The van der Waals surface area contributed by atoms with E-state index >= 15 is 0 Å². The summed E-state index contributed by atoms with van der Waals surface area (Å²) in [6, 6.07) is 4.75. The van der Waals surface area contributed by atoms with Crippen LogP contribution in [0.4, 0.5) is 0 Å². The van der Waals surface area contributed by atoms with E-state index in [2.05, 4.69) is 37.9 Å². The molecule has 0 amide bonds. The summed E-state index contributed by atoms with van der Waals surface area (Å²) in [4.78, 5) is 12.7. The van der Waals surface area contributed by atoms with E-state index in [4.69, 9.17) is 4.98 Å². The highest BCUT2D eigenvalue weighted by Gasteiger charge is 2.24. The Labute approximate surface area is 143 Å². The van der Waals surface area contributed by atoms with E-state index in [0.29, 0.717) is 6.04 Å². The minimum atomic E-state index is 0.525. The van der Waals surface area contributed by atoms with Gasteiger partial charge >= 0.3 is 0 Å². The van der Waals surface area contributed by atoms with Crippen molar-refractivity contribution in [3.05, 3.63) is 41.2 Å². The summed E-state index contributed by atoms with van der Waals surface area (Å²) in [5, 5.41) is 9.71. The van der Waals surface area contributed by atoms with Gasteiger partial charge in [0.25, 0.3) is 0 Å². The molecule has 0 saturated carbocycles. The molecule has 0 radical (unpaired) electrons. The zero-order chi connectivity index (χ0) is 15.5. The summed E-state index contributed by atoms with van der Waals surface area (Å²) in [6.07, 6.45) is 7.22.